The van der Waals surface area contributed by atoms with Crippen molar-refractivity contribution in [1.82, 2.24) is 0 Å². The van der Waals surface area contributed by atoms with Crippen LogP contribution in [0.15, 0.2) is 48.5 Å². The molecule has 0 aliphatic heterocycles. The van der Waals surface area contributed by atoms with Gasteiger partial charge in [0.05, 0.1) is 10.5 Å². The third-order valence-corrected chi connectivity index (χ3v) is 3.49. The molecule has 25 heavy (non-hydrogen) atoms. The molecular formula is C15H9F6NO3. The molecule has 4 nitrogen and oxygen atoms in total. The topological polar surface area (TPSA) is 63.4 Å². The third-order valence-electron chi connectivity index (χ3n) is 3.49. The van der Waals surface area contributed by atoms with Crippen LogP contribution in [0.4, 0.5) is 32.0 Å². The van der Waals surface area contributed by atoms with Crippen molar-refractivity contribution >= 4 is 5.69 Å². The molecule has 0 spiro atoms. The van der Waals surface area contributed by atoms with E-state index in [0.29, 0.717) is 24.3 Å². The molecule has 0 radical (unpaired) electrons. The molecule has 0 aromatic heterocycles. The summed E-state index contributed by atoms with van der Waals surface area (Å²) in [4.78, 5) is 9.77. The molecule has 2 aromatic carbocycles. The van der Waals surface area contributed by atoms with E-state index in [2.05, 4.69) is 0 Å². The fourth-order valence-electron chi connectivity index (χ4n) is 2.26. The van der Waals surface area contributed by atoms with E-state index >= 15 is 0 Å². The smallest absolute Gasteiger partial charge is 0.372 e. The van der Waals surface area contributed by atoms with Gasteiger partial charge in [-0.2, -0.15) is 26.3 Å². The molecule has 2 aromatic rings. The Morgan fingerprint density at radius 3 is 1.80 bits per heavy atom. The molecule has 2 rings (SSSR count). The number of nitrogens with zero attached hydrogens (tertiary/aromatic N) is 1. The minimum Gasteiger partial charge on any atom is -0.372 e. The van der Waals surface area contributed by atoms with Gasteiger partial charge in [-0.15, -0.1) is 0 Å². The molecule has 134 valence electrons. The number of non-ortho nitro benzene ring substituents is 1. The zero-order chi connectivity index (χ0) is 19.0. The van der Waals surface area contributed by atoms with E-state index in [1.54, 1.807) is 0 Å². The van der Waals surface area contributed by atoms with Gasteiger partial charge in [-0.3, -0.25) is 10.1 Å². The summed E-state index contributed by atoms with van der Waals surface area (Å²) in [5.41, 5.74) is -8.05. The average Bonchev–Trinajstić information content (AvgIpc) is 2.52. The normalized spacial score (nSPS) is 14.8. The van der Waals surface area contributed by atoms with E-state index < -0.39 is 45.3 Å². The first kappa shape index (κ1) is 18.7. The largest absolute Gasteiger partial charge is 0.425 e. The minimum absolute atomic E-state index is 0.159. The van der Waals surface area contributed by atoms with Gasteiger partial charge in [0.1, 0.15) is 0 Å². The highest BCUT2D eigenvalue weighted by Gasteiger charge is 2.57. The molecule has 0 saturated carbocycles. The van der Waals surface area contributed by atoms with E-state index in [4.69, 9.17) is 0 Å². The summed E-state index contributed by atoms with van der Waals surface area (Å²) < 4.78 is 78.9. The number of rotatable bonds is 3. The molecule has 0 amide bonds. The van der Waals surface area contributed by atoms with Crippen LogP contribution in [0.2, 0.25) is 0 Å². The maximum Gasteiger partial charge on any atom is 0.425 e. The van der Waals surface area contributed by atoms with Gasteiger partial charge in [0, 0.05) is 17.7 Å². The van der Waals surface area contributed by atoms with Crippen LogP contribution in [-0.4, -0.2) is 16.2 Å². The van der Waals surface area contributed by atoms with Gasteiger partial charge in [-0.25, -0.2) is 0 Å². The summed E-state index contributed by atoms with van der Waals surface area (Å²) in [5, 5.41) is 21.0. The van der Waals surface area contributed by atoms with Crippen LogP contribution in [0.5, 0.6) is 0 Å². The van der Waals surface area contributed by atoms with Gasteiger partial charge in [0.15, 0.2) is 0 Å². The first-order valence-corrected chi connectivity index (χ1v) is 6.59. The second kappa shape index (κ2) is 6.03. The molecule has 1 atom stereocenters. The highest BCUT2D eigenvalue weighted by molar-refractivity contribution is 5.45. The van der Waals surface area contributed by atoms with Crippen molar-refractivity contribution in [2.75, 3.05) is 0 Å². The molecule has 0 fully saturated rings. The minimum atomic E-state index is -5.42. The maximum absolute atomic E-state index is 13.5. The lowest BCUT2D eigenvalue weighted by molar-refractivity contribution is -0.385. The summed E-state index contributed by atoms with van der Waals surface area (Å²) in [6.45, 7) is 0. The molecule has 0 heterocycles. The Morgan fingerprint density at radius 1 is 0.840 bits per heavy atom. The average molecular weight is 365 g/mol. The fraction of sp³-hybridized carbons (Fsp3) is 0.200. The SMILES string of the molecule is O=[N+]([O-])c1cccc(C(O)(c2cccc(C(F)(F)F)c2)C(F)(F)F)c1. The van der Waals surface area contributed by atoms with Gasteiger partial charge < -0.3 is 5.11 Å². The van der Waals surface area contributed by atoms with E-state index in [0.717, 1.165) is 18.2 Å². The number of benzene rings is 2. The van der Waals surface area contributed by atoms with E-state index in [-0.39, 0.29) is 6.07 Å². The lowest BCUT2D eigenvalue weighted by atomic mass is 9.84. The summed E-state index contributed by atoms with van der Waals surface area (Å²) in [5.74, 6) is 0. The van der Waals surface area contributed by atoms with Gasteiger partial charge in [-0.05, 0) is 17.7 Å². The van der Waals surface area contributed by atoms with Crippen molar-refractivity contribution in [3.8, 4) is 0 Å². The van der Waals surface area contributed by atoms with Crippen LogP contribution >= 0.6 is 0 Å². The van der Waals surface area contributed by atoms with E-state index in [1.807, 2.05) is 0 Å². The number of hydrogen-bond donors (Lipinski definition) is 1. The number of halogens is 6. The number of nitro groups is 1. The van der Waals surface area contributed by atoms with Crippen molar-refractivity contribution in [2.45, 2.75) is 18.0 Å². The van der Waals surface area contributed by atoms with Crippen LogP contribution in [0.25, 0.3) is 0 Å². The lowest BCUT2D eigenvalue weighted by Crippen LogP contribution is -2.43. The van der Waals surface area contributed by atoms with Gasteiger partial charge in [-0.1, -0.05) is 24.3 Å². The summed E-state index contributed by atoms with van der Waals surface area (Å²) in [7, 11) is 0. The van der Waals surface area contributed by atoms with Crippen molar-refractivity contribution < 1.29 is 36.4 Å². The zero-order valence-electron chi connectivity index (χ0n) is 12.1. The Labute approximate surface area is 136 Å². The Hall–Kier alpha value is -2.62. The molecule has 10 heteroatoms. The van der Waals surface area contributed by atoms with Crippen LogP contribution in [-0.2, 0) is 11.8 Å². The number of nitro benzene ring substituents is 1. The predicted molar refractivity (Wildman–Crippen MR) is 73.6 cm³/mol. The quantitative estimate of drug-likeness (QED) is 0.498. The molecular weight excluding hydrogens is 356 g/mol. The van der Waals surface area contributed by atoms with Crippen molar-refractivity contribution in [1.29, 1.82) is 0 Å². The molecule has 0 saturated heterocycles. The molecule has 1 N–H and O–H groups in total. The Kier molecular flexibility index (Phi) is 4.51. The number of aliphatic hydroxyl groups is 1. The summed E-state index contributed by atoms with van der Waals surface area (Å²) >= 11 is 0. The first-order chi connectivity index (χ1) is 11.4. The Balaban J connectivity index is 2.73. The molecule has 0 bridgehead atoms. The molecule has 0 aliphatic rings. The summed E-state index contributed by atoms with van der Waals surface area (Å²) in [6, 6.07) is 5.10. The second-order valence-electron chi connectivity index (χ2n) is 5.09. The highest BCUT2D eigenvalue weighted by Crippen LogP contribution is 2.45. The van der Waals surface area contributed by atoms with E-state index in [9.17, 15) is 41.6 Å². The molecule has 1 unspecified atom stereocenters. The van der Waals surface area contributed by atoms with E-state index in [1.165, 1.54) is 0 Å². The van der Waals surface area contributed by atoms with Crippen LogP contribution in [0, 0.1) is 10.1 Å². The van der Waals surface area contributed by atoms with Gasteiger partial charge in [0.25, 0.3) is 5.69 Å². The standard InChI is InChI=1S/C15H9F6NO3/c16-14(17,18)11-5-1-3-9(7-11)13(23,15(19,20)21)10-4-2-6-12(8-10)22(24)25/h1-8,23H. The van der Waals surface area contributed by atoms with Crippen LogP contribution in [0.3, 0.4) is 0 Å². The van der Waals surface area contributed by atoms with Gasteiger partial charge in [0.2, 0.25) is 5.60 Å². The fourth-order valence-corrected chi connectivity index (χ4v) is 2.26. The van der Waals surface area contributed by atoms with Crippen molar-refractivity contribution in [3.05, 3.63) is 75.3 Å². The number of alkyl halides is 6. The monoisotopic (exact) mass is 365 g/mol. The maximum atomic E-state index is 13.5. The number of hydrogen-bond acceptors (Lipinski definition) is 3. The third kappa shape index (κ3) is 3.43. The Bertz CT molecular complexity index is 802. The van der Waals surface area contributed by atoms with Crippen LogP contribution in [0.1, 0.15) is 16.7 Å². The van der Waals surface area contributed by atoms with Crippen molar-refractivity contribution in [3.63, 3.8) is 0 Å². The predicted octanol–water partition coefficient (Wildman–Crippen LogP) is 4.41. The van der Waals surface area contributed by atoms with Crippen molar-refractivity contribution in [2.24, 2.45) is 0 Å². The zero-order valence-corrected chi connectivity index (χ0v) is 12.1. The lowest BCUT2D eigenvalue weighted by Gasteiger charge is -2.31. The summed E-state index contributed by atoms with van der Waals surface area (Å²) in [6.07, 6.45) is -10.3. The first-order valence-electron chi connectivity index (χ1n) is 6.59. The van der Waals surface area contributed by atoms with Crippen LogP contribution < -0.4 is 0 Å². The van der Waals surface area contributed by atoms with Gasteiger partial charge >= 0.3 is 12.4 Å². The second-order valence-corrected chi connectivity index (χ2v) is 5.09. The Morgan fingerprint density at radius 2 is 1.32 bits per heavy atom. The highest BCUT2D eigenvalue weighted by atomic mass is 19.4. The molecule has 0 aliphatic carbocycles.